The molecule has 2 N–H and O–H groups in total. The van der Waals surface area contributed by atoms with E-state index >= 15 is 0 Å². The number of amides is 1. The number of rotatable bonds is 4. The van der Waals surface area contributed by atoms with Crippen molar-refractivity contribution in [2.24, 2.45) is 0 Å². The van der Waals surface area contributed by atoms with E-state index in [9.17, 15) is 4.79 Å². The second-order valence-electron chi connectivity index (χ2n) is 4.31. The molecule has 0 atom stereocenters. The Bertz CT molecular complexity index is 582. The number of benzene rings is 1. The van der Waals surface area contributed by atoms with Crippen LogP contribution in [0.3, 0.4) is 0 Å². The van der Waals surface area contributed by atoms with Crippen molar-refractivity contribution in [3.8, 4) is 11.1 Å². The first-order chi connectivity index (χ1) is 9.20. The summed E-state index contributed by atoms with van der Waals surface area (Å²) in [5.74, 6) is -0.226. The second kappa shape index (κ2) is 6.11. The predicted molar refractivity (Wildman–Crippen MR) is 73.8 cm³/mol. The molecule has 0 aliphatic heterocycles. The molecular weight excluding hydrogens is 240 g/mol. The molecule has 0 saturated heterocycles. The molecule has 0 aliphatic carbocycles. The van der Waals surface area contributed by atoms with Crippen molar-refractivity contribution in [1.82, 2.24) is 10.3 Å². The average Bonchev–Trinajstić information content (AvgIpc) is 2.45. The molecule has 0 saturated carbocycles. The van der Waals surface area contributed by atoms with Crippen molar-refractivity contribution in [3.63, 3.8) is 0 Å². The van der Waals surface area contributed by atoms with Crippen LogP contribution in [0.25, 0.3) is 11.1 Å². The summed E-state index contributed by atoms with van der Waals surface area (Å²) in [6.45, 7) is 2.19. The number of aryl methyl sites for hydroxylation is 1. The van der Waals surface area contributed by atoms with E-state index in [1.165, 1.54) is 6.20 Å². The molecule has 0 aliphatic rings. The van der Waals surface area contributed by atoms with E-state index in [-0.39, 0.29) is 19.1 Å². The molecule has 0 spiro atoms. The van der Waals surface area contributed by atoms with E-state index in [1.807, 2.05) is 31.2 Å². The quantitative estimate of drug-likeness (QED) is 0.876. The highest BCUT2D eigenvalue weighted by atomic mass is 16.3. The Morgan fingerprint density at radius 3 is 2.84 bits per heavy atom. The number of hydrogen-bond acceptors (Lipinski definition) is 3. The van der Waals surface area contributed by atoms with Crippen LogP contribution in [-0.4, -0.2) is 29.1 Å². The first kappa shape index (κ1) is 13.2. The molecule has 98 valence electrons. The van der Waals surface area contributed by atoms with Gasteiger partial charge in [-0.05, 0) is 18.6 Å². The minimum atomic E-state index is -0.226. The Morgan fingerprint density at radius 1 is 1.26 bits per heavy atom. The van der Waals surface area contributed by atoms with Gasteiger partial charge in [0.1, 0.15) is 0 Å². The molecule has 2 rings (SSSR count). The van der Waals surface area contributed by atoms with E-state index in [0.29, 0.717) is 5.56 Å². The smallest absolute Gasteiger partial charge is 0.252 e. The van der Waals surface area contributed by atoms with Crippen molar-refractivity contribution in [2.75, 3.05) is 13.2 Å². The largest absolute Gasteiger partial charge is 0.395 e. The highest BCUT2D eigenvalue weighted by molar-refractivity contribution is 5.95. The molecule has 19 heavy (non-hydrogen) atoms. The number of nitrogens with zero attached hydrogens (tertiary/aromatic N) is 1. The molecule has 4 nitrogen and oxygen atoms in total. The predicted octanol–water partition coefficient (Wildman–Crippen LogP) is 1.78. The van der Waals surface area contributed by atoms with Crippen LogP contribution in [0.2, 0.25) is 0 Å². The highest BCUT2D eigenvalue weighted by Gasteiger charge is 2.07. The number of pyridine rings is 1. The zero-order chi connectivity index (χ0) is 13.7. The Kier molecular flexibility index (Phi) is 4.26. The summed E-state index contributed by atoms with van der Waals surface area (Å²) >= 11 is 0. The first-order valence-electron chi connectivity index (χ1n) is 6.12. The lowest BCUT2D eigenvalue weighted by atomic mass is 10.0. The third-order valence-electron chi connectivity index (χ3n) is 2.75. The number of nitrogens with one attached hydrogen (secondary N) is 1. The van der Waals surface area contributed by atoms with Crippen LogP contribution in [0.15, 0.2) is 42.7 Å². The minimum Gasteiger partial charge on any atom is -0.395 e. The maximum Gasteiger partial charge on any atom is 0.252 e. The standard InChI is InChI=1S/C15H16N2O2/c1-11-3-2-4-12(7-11)13-8-14(10-16-9-13)15(19)17-5-6-18/h2-4,7-10,18H,5-6H2,1H3,(H,17,19). The van der Waals surface area contributed by atoms with Crippen LogP contribution in [-0.2, 0) is 0 Å². The lowest BCUT2D eigenvalue weighted by molar-refractivity contribution is 0.0944. The summed E-state index contributed by atoms with van der Waals surface area (Å²) < 4.78 is 0. The number of aliphatic hydroxyl groups excluding tert-OH is 1. The van der Waals surface area contributed by atoms with Crippen LogP contribution < -0.4 is 5.32 Å². The van der Waals surface area contributed by atoms with E-state index in [1.54, 1.807) is 12.3 Å². The van der Waals surface area contributed by atoms with Crippen LogP contribution in [0.1, 0.15) is 15.9 Å². The normalized spacial score (nSPS) is 10.2. The molecule has 1 aromatic heterocycles. The lowest BCUT2D eigenvalue weighted by Crippen LogP contribution is -2.26. The van der Waals surface area contributed by atoms with Crippen LogP contribution >= 0.6 is 0 Å². The second-order valence-corrected chi connectivity index (χ2v) is 4.31. The monoisotopic (exact) mass is 256 g/mol. The van der Waals surface area contributed by atoms with E-state index in [4.69, 9.17) is 5.11 Å². The van der Waals surface area contributed by atoms with Gasteiger partial charge < -0.3 is 10.4 Å². The zero-order valence-corrected chi connectivity index (χ0v) is 10.8. The molecule has 1 aromatic carbocycles. The minimum absolute atomic E-state index is 0.0727. The highest BCUT2D eigenvalue weighted by Crippen LogP contribution is 2.20. The molecule has 1 heterocycles. The number of carbonyl (C=O) groups is 1. The van der Waals surface area contributed by atoms with Gasteiger partial charge >= 0.3 is 0 Å². The third-order valence-corrected chi connectivity index (χ3v) is 2.75. The van der Waals surface area contributed by atoms with E-state index in [0.717, 1.165) is 16.7 Å². The Balaban J connectivity index is 2.26. The van der Waals surface area contributed by atoms with Gasteiger partial charge in [0.15, 0.2) is 0 Å². The van der Waals surface area contributed by atoms with Gasteiger partial charge in [-0.2, -0.15) is 0 Å². The topological polar surface area (TPSA) is 62.2 Å². The Labute approximate surface area is 112 Å². The summed E-state index contributed by atoms with van der Waals surface area (Å²) in [6, 6.07) is 9.83. The van der Waals surface area contributed by atoms with Gasteiger partial charge in [0.25, 0.3) is 5.91 Å². The number of hydrogen-bond donors (Lipinski definition) is 2. The van der Waals surface area contributed by atoms with Crippen molar-refractivity contribution < 1.29 is 9.90 Å². The first-order valence-corrected chi connectivity index (χ1v) is 6.12. The van der Waals surface area contributed by atoms with Crippen molar-refractivity contribution in [2.45, 2.75) is 6.92 Å². The van der Waals surface area contributed by atoms with Crippen LogP contribution in [0.5, 0.6) is 0 Å². The van der Waals surface area contributed by atoms with E-state index < -0.39 is 0 Å². The summed E-state index contributed by atoms with van der Waals surface area (Å²) in [4.78, 5) is 15.9. The van der Waals surface area contributed by atoms with Gasteiger partial charge in [-0.1, -0.05) is 29.8 Å². The van der Waals surface area contributed by atoms with Crippen LogP contribution in [0.4, 0.5) is 0 Å². The molecular formula is C15H16N2O2. The molecule has 0 radical (unpaired) electrons. The van der Waals surface area contributed by atoms with E-state index in [2.05, 4.69) is 10.3 Å². The average molecular weight is 256 g/mol. The van der Waals surface area contributed by atoms with Gasteiger partial charge in [0.05, 0.1) is 12.2 Å². The van der Waals surface area contributed by atoms with Gasteiger partial charge in [0, 0.05) is 24.5 Å². The van der Waals surface area contributed by atoms with Crippen molar-refractivity contribution in [3.05, 3.63) is 53.9 Å². The fraction of sp³-hybridized carbons (Fsp3) is 0.200. The van der Waals surface area contributed by atoms with Gasteiger partial charge in [-0.25, -0.2) is 0 Å². The summed E-state index contributed by atoms with van der Waals surface area (Å²) in [6.07, 6.45) is 3.25. The number of carbonyl (C=O) groups excluding carboxylic acids is 1. The van der Waals surface area contributed by atoms with Gasteiger partial charge in [0.2, 0.25) is 0 Å². The maximum absolute atomic E-state index is 11.8. The fourth-order valence-corrected chi connectivity index (χ4v) is 1.82. The zero-order valence-electron chi connectivity index (χ0n) is 10.8. The summed E-state index contributed by atoms with van der Waals surface area (Å²) in [5.41, 5.74) is 3.59. The molecule has 1 amide bonds. The van der Waals surface area contributed by atoms with Gasteiger partial charge in [-0.3, -0.25) is 9.78 Å². The third kappa shape index (κ3) is 3.39. The summed E-state index contributed by atoms with van der Waals surface area (Å²) in [5, 5.41) is 11.3. The number of aromatic nitrogens is 1. The number of aliphatic hydroxyl groups is 1. The Morgan fingerprint density at radius 2 is 2.11 bits per heavy atom. The maximum atomic E-state index is 11.8. The lowest BCUT2D eigenvalue weighted by Gasteiger charge is -2.06. The molecule has 2 aromatic rings. The van der Waals surface area contributed by atoms with Crippen molar-refractivity contribution >= 4 is 5.91 Å². The molecule has 0 unspecified atom stereocenters. The SMILES string of the molecule is Cc1cccc(-c2cncc(C(=O)NCCO)c2)c1. The van der Waals surface area contributed by atoms with Crippen molar-refractivity contribution in [1.29, 1.82) is 0 Å². The fourth-order valence-electron chi connectivity index (χ4n) is 1.82. The van der Waals surface area contributed by atoms with Crippen LogP contribution in [0, 0.1) is 6.92 Å². The van der Waals surface area contributed by atoms with Gasteiger partial charge in [-0.15, -0.1) is 0 Å². The molecule has 0 fully saturated rings. The molecule has 0 bridgehead atoms. The molecule has 4 heteroatoms. The Hall–Kier alpha value is -2.20. The summed E-state index contributed by atoms with van der Waals surface area (Å²) in [7, 11) is 0.